The minimum atomic E-state index is -0.296. The van der Waals surface area contributed by atoms with E-state index in [0.717, 1.165) is 98.8 Å². The average Bonchev–Trinajstić information content (AvgIpc) is 4.12. The lowest BCUT2D eigenvalue weighted by Gasteiger charge is -2.21. The van der Waals surface area contributed by atoms with Crippen molar-refractivity contribution in [3.8, 4) is 34.1 Å². The van der Waals surface area contributed by atoms with Gasteiger partial charge < -0.3 is 9.13 Å². The lowest BCUT2D eigenvalue weighted by atomic mass is 10.0. The van der Waals surface area contributed by atoms with Crippen LogP contribution in [-0.2, 0) is 0 Å². The molecule has 5 aromatic heterocycles. The molecule has 0 aliphatic carbocycles. The highest BCUT2D eigenvalue weighted by Gasteiger charge is 2.25. The second kappa shape index (κ2) is 13.4. The molecule has 5 heteroatoms. The van der Waals surface area contributed by atoms with Crippen LogP contribution in [0.2, 0.25) is 0 Å². The van der Waals surface area contributed by atoms with Crippen molar-refractivity contribution < 1.29 is 5.48 Å². The second-order valence-electron chi connectivity index (χ2n) is 16.4. The van der Waals surface area contributed by atoms with Gasteiger partial charge in [-0.2, -0.15) is 0 Å². The number of pyridine rings is 1. The fourth-order valence-corrected chi connectivity index (χ4v) is 10.5. The molecule has 0 atom stereocenters. The first kappa shape index (κ1) is 31.2. The molecule has 14 rings (SSSR count). The molecule has 0 N–H and O–H groups in total. The molecule has 0 aliphatic rings. The fraction of sp³-hybridized carbons (Fsp3) is 0. The predicted molar refractivity (Wildman–Crippen MR) is 267 cm³/mol. The van der Waals surface area contributed by atoms with E-state index in [4.69, 9.17) is 7.73 Å². The third-order valence-electron chi connectivity index (χ3n) is 13.1. The first-order valence-electron chi connectivity index (χ1n) is 23.6. The van der Waals surface area contributed by atoms with Crippen molar-refractivity contribution >= 4 is 87.2 Å². The van der Waals surface area contributed by atoms with E-state index in [-0.39, 0.29) is 24.2 Å². The summed E-state index contributed by atoms with van der Waals surface area (Å²) in [6.07, 6.45) is 0. The Hall–Kier alpha value is -8.67. The topological polar surface area (TPSA) is 32.6 Å². The third kappa shape index (κ3) is 4.86. The number of hydrogen-bond donors (Lipinski definition) is 0. The molecule has 0 unspecified atom stereocenters. The molecular weight excluding hydrogens is 779 g/mol. The van der Waals surface area contributed by atoms with Crippen LogP contribution in [0.5, 0.6) is 0 Å². The molecule has 0 spiro atoms. The lowest BCUT2D eigenvalue weighted by Crippen LogP contribution is -2.07. The number of para-hydroxylation sites is 8. The summed E-state index contributed by atoms with van der Waals surface area (Å²) in [6.45, 7) is 0. The largest absolute Gasteiger partial charge is 0.309 e. The second-order valence-corrected chi connectivity index (χ2v) is 16.4. The quantitative estimate of drug-likeness (QED) is 0.170. The van der Waals surface area contributed by atoms with Gasteiger partial charge in [-0.25, -0.2) is 4.98 Å². The highest BCUT2D eigenvalue weighted by atomic mass is 15.1. The highest BCUT2D eigenvalue weighted by molar-refractivity contribution is 6.13. The zero-order valence-corrected chi connectivity index (χ0v) is 34.3. The minimum Gasteiger partial charge on any atom is -0.309 e. The summed E-state index contributed by atoms with van der Waals surface area (Å²) < 4.78 is 45.4. The normalized spacial score (nSPS) is 12.9. The van der Waals surface area contributed by atoms with Crippen LogP contribution in [0, 0.1) is 0 Å². The van der Waals surface area contributed by atoms with Crippen LogP contribution in [-0.4, -0.2) is 23.3 Å². The van der Waals surface area contributed by atoms with Crippen molar-refractivity contribution in [3.05, 3.63) is 224 Å². The van der Waals surface area contributed by atoms with Crippen molar-refractivity contribution in [2.45, 2.75) is 0 Å². The zero-order valence-electron chi connectivity index (χ0n) is 38.3. The summed E-state index contributed by atoms with van der Waals surface area (Å²) in [5.74, 6) is 1.17. The standard InChI is InChI=1S/C59H37N5/c1-9-26-47-39(18-1)40-19-2-10-27-48(40)61(47)55-34-17-35-56(62-49-28-11-3-20-41(49)42-21-4-12-29-50(42)62)59(55)38-36-57(63-51-30-13-5-22-43(51)44-23-6-14-31-52(44)63)60-58(37-38)64-53-32-15-7-24-45(53)46-25-8-16-33-54(46)64/h1-37H/i5D,13D,22D,30D. The summed E-state index contributed by atoms with van der Waals surface area (Å²) >= 11 is 0. The average molecular weight is 820 g/mol. The monoisotopic (exact) mass is 819 g/mol. The van der Waals surface area contributed by atoms with Gasteiger partial charge in [-0.3, -0.25) is 9.13 Å². The summed E-state index contributed by atoms with van der Waals surface area (Å²) in [5, 5.41) is 7.97. The molecule has 0 saturated carbocycles. The van der Waals surface area contributed by atoms with Crippen LogP contribution in [0.3, 0.4) is 0 Å². The van der Waals surface area contributed by atoms with Crippen LogP contribution < -0.4 is 0 Å². The Kier molecular flexibility index (Phi) is 6.54. The molecule has 64 heavy (non-hydrogen) atoms. The van der Waals surface area contributed by atoms with Crippen LogP contribution in [0.4, 0.5) is 0 Å². The maximum Gasteiger partial charge on any atom is 0.140 e. The molecule has 5 heterocycles. The van der Waals surface area contributed by atoms with Gasteiger partial charge in [0.2, 0.25) is 0 Å². The van der Waals surface area contributed by atoms with E-state index in [1.54, 1.807) is 0 Å². The lowest BCUT2D eigenvalue weighted by molar-refractivity contribution is 1.01. The Labute approximate surface area is 373 Å². The van der Waals surface area contributed by atoms with Crippen molar-refractivity contribution in [1.29, 1.82) is 0 Å². The van der Waals surface area contributed by atoms with Gasteiger partial charge in [0.15, 0.2) is 0 Å². The fourth-order valence-electron chi connectivity index (χ4n) is 10.5. The SMILES string of the molecule is [2H]c1c([2H])c([2H])c2c(c1[2H])c1ccccc1n2-c1cc(-c2c(-n3c4ccccc4c4ccccc43)cccc2-n2c3ccccc3c3ccccc32)cc(-n2c3ccccc3c3ccccc32)n1. The molecule has 0 bridgehead atoms. The summed E-state index contributed by atoms with van der Waals surface area (Å²) in [6, 6.07) is 69.1. The van der Waals surface area contributed by atoms with Gasteiger partial charge in [0.25, 0.3) is 0 Å². The van der Waals surface area contributed by atoms with Gasteiger partial charge in [0.1, 0.15) is 11.6 Å². The van der Waals surface area contributed by atoms with E-state index >= 15 is 0 Å². The minimum absolute atomic E-state index is 0.0833. The Balaban J connectivity index is 1.20. The summed E-state index contributed by atoms with van der Waals surface area (Å²) in [5.41, 5.74) is 11.1. The van der Waals surface area contributed by atoms with E-state index in [1.165, 1.54) is 0 Å². The smallest absolute Gasteiger partial charge is 0.140 e. The molecule has 0 amide bonds. The molecule has 298 valence electrons. The van der Waals surface area contributed by atoms with Crippen molar-refractivity contribution in [2.75, 3.05) is 0 Å². The van der Waals surface area contributed by atoms with E-state index in [0.29, 0.717) is 22.5 Å². The first-order valence-corrected chi connectivity index (χ1v) is 21.6. The molecule has 5 nitrogen and oxygen atoms in total. The van der Waals surface area contributed by atoms with Crippen molar-refractivity contribution in [1.82, 2.24) is 23.3 Å². The third-order valence-corrected chi connectivity index (χ3v) is 13.1. The van der Waals surface area contributed by atoms with Crippen LogP contribution in [0.25, 0.3) is 121 Å². The Morgan fingerprint density at radius 2 is 0.609 bits per heavy atom. The molecule has 14 aromatic rings. The van der Waals surface area contributed by atoms with Gasteiger partial charge in [0.05, 0.1) is 61.0 Å². The van der Waals surface area contributed by atoms with Gasteiger partial charge in [-0.05, 0) is 78.3 Å². The molecule has 0 aliphatic heterocycles. The maximum absolute atomic E-state index is 9.49. The van der Waals surface area contributed by atoms with Gasteiger partial charge in [-0.1, -0.05) is 152 Å². The number of hydrogen-bond acceptors (Lipinski definition) is 1. The maximum atomic E-state index is 9.49. The van der Waals surface area contributed by atoms with Crippen LogP contribution in [0.15, 0.2) is 224 Å². The van der Waals surface area contributed by atoms with E-state index in [1.807, 2.05) is 28.8 Å². The highest BCUT2D eigenvalue weighted by Crippen LogP contribution is 2.44. The molecular formula is C59H37N5. The van der Waals surface area contributed by atoms with Gasteiger partial charge in [-0.15, -0.1) is 0 Å². The first-order chi connectivity index (χ1) is 33.5. The zero-order chi connectivity index (χ0) is 45.4. The Bertz CT molecular complexity index is 4160. The van der Waals surface area contributed by atoms with Gasteiger partial charge >= 0.3 is 0 Å². The Morgan fingerprint density at radius 3 is 1.00 bits per heavy atom. The number of nitrogens with zero attached hydrogens (tertiary/aromatic N) is 5. The van der Waals surface area contributed by atoms with Gasteiger partial charge in [0, 0.05) is 48.7 Å². The number of aromatic nitrogens is 5. The van der Waals surface area contributed by atoms with Crippen molar-refractivity contribution in [3.63, 3.8) is 0 Å². The predicted octanol–water partition coefficient (Wildman–Crippen LogP) is 15.1. The Morgan fingerprint density at radius 1 is 0.297 bits per heavy atom. The molecule has 0 radical (unpaired) electrons. The van der Waals surface area contributed by atoms with Crippen LogP contribution >= 0.6 is 0 Å². The van der Waals surface area contributed by atoms with E-state index in [9.17, 15) is 2.74 Å². The summed E-state index contributed by atoms with van der Waals surface area (Å²) in [4.78, 5) is 5.61. The number of fused-ring (bicyclic) bond motifs is 12. The summed E-state index contributed by atoms with van der Waals surface area (Å²) in [7, 11) is 0. The number of rotatable bonds is 5. The molecule has 0 fully saturated rings. The van der Waals surface area contributed by atoms with E-state index < -0.39 is 0 Å². The van der Waals surface area contributed by atoms with Crippen molar-refractivity contribution in [2.24, 2.45) is 0 Å². The van der Waals surface area contributed by atoms with E-state index in [2.05, 4.69) is 190 Å². The number of benzene rings is 9. The van der Waals surface area contributed by atoms with Crippen LogP contribution in [0.1, 0.15) is 5.48 Å². The molecule has 9 aromatic carbocycles. The molecule has 0 saturated heterocycles.